The lowest BCUT2D eigenvalue weighted by Gasteiger charge is -2.06. The topological polar surface area (TPSA) is 69.8 Å². The predicted molar refractivity (Wildman–Crippen MR) is 158 cm³/mol. The highest BCUT2D eigenvalue weighted by atomic mass is 16.2. The van der Waals surface area contributed by atoms with E-state index < -0.39 is 0 Å². The van der Waals surface area contributed by atoms with Crippen molar-refractivity contribution in [2.24, 2.45) is 0 Å². The number of carbonyl (C=O) groups excluding carboxylic acids is 2. The van der Waals surface area contributed by atoms with E-state index in [2.05, 4.69) is 0 Å². The number of nitrogens with zero attached hydrogens (tertiary/aromatic N) is 4. The van der Waals surface area contributed by atoms with Crippen LogP contribution in [0.5, 0.6) is 0 Å². The summed E-state index contributed by atoms with van der Waals surface area (Å²) in [5, 5.41) is 0. The number of carbonyl (C=O) groups is 2. The molecule has 5 aromatic rings. The Morgan fingerprint density at radius 3 is 1.32 bits per heavy atom. The third-order valence-corrected chi connectivity index (χ3v) is 6.79. The zero-order valence-corrected chi connectivity index (χ0v) is 21.2. The Balaban J connectivity index is 1.53. The lowest BCUT2D eigenvalue weighted by Crippen LogP contribution is -2.11. The molecule has 2 aliphatic heterocycles. The highest BCUT2D eigenvalue weighted by Crippen LogP contribution is 2.22. The Hall–Kier alpha value is -5.62. The van der Waals surface area contributed by atoms with Gasteiger partial charge in [0.2, 0.25) is 0 Å². The molecule has 7 rings (SSSR count). The first kappa shape index (κ1) is 22.4. The molecule has 0 saturated carbocycles. The Kier molecular flexibility index (Phi) is 5.37. The lowest BCUT2D eigenvalue weighted by atomic mass is 10.2. The SMILES string of the molecule is [2H]c1cc2cc3nc(cc4ccc(cc5nc(cc1n2C(=O)c1ccccc1)C=C5)n4C(=O)c1ccccc1)C=C3. The van der Waals surface area contributed by atoms with Gasteiger partial charge in [0, 0.05) is 11.1 Å². The summed E-state index contributed by atoms with van der Waals surface area (Å²) < 4.78 is 11.9. The summed E-state index contributed by atoms with van der Waals surface area (Å²) in [5.41, 5.74) is 5.92. The summed E-state index contributed by atoms with van der Waals surface area (Å²) >= 11 is 0. The van der Waals surface area contributed by atoms with Crippen molar-refractivity contribution in [2.75, 3.05) is 0 Å². The number of fused-ring (bicyclic) bond motifs is 8. The standard InChI is InChI=1S/C34H22N4O2/c39-33(23-7-3-1-4-8-23)37-29-15-16-30(37)20-26-12-14-28(36-26)22-32-18-17-31(21-27-13-11-25(19-29)35-27)38(32)34(40)24-9-5-2-6-10-24/h1-22H/i15D. The van der Waals surface area contributed by atoms with E-state index in [1.807, 2.05) is 85.0 Å². The molecule has 0 unspecified atom stereocenters. The van der Waals surface area contributed by atoms with Gasteiger partial charge in [-0.05, 0) is 97.1 Å². The Labute approximate surface area is 231 Å². The molecular weight excluding hydrogens is 496 g/mol. The average molecular weight is 520 g/mol. The first-order chi connectivity index (χ1) is 20.0. The fourth-order valence-corrected chi connectivity index (χ4v) is 4.91. The predicted octanol–water partition coefficient (Wildman–Crippen LogP) is 6.98. The molecule has 0 saturated heterocycles. The Bertz CT molecular complexity index is 2090. The summed E-state index contributed by atoms with van der Waals surface area (Å²) in [6, 6.07) is 31.0. The smallest absolute Gasteiger partial charge is 0.262 e. The number of aromatic nitrogens is 4. The molecule has 6 nitrogen and oxygen atoms in total. The monoisotopic (exact) mass is 519 g/mol. The summed E-state index contributed by atoms with van der Waals surface area (Å²) in [6.45, 7) is 0. The van der Waals surface area contributed by atoms with Crippen molar-refractivity contribution >= 4 is 58.2 Å². The van der Waals surface area contributed by atoms with Gasteiger partial charge in [-0.15, -0.1) is 0 Å². The summed E-state index contributed by atoms with van der Waals surface area (Å²) in [6.07, 6.45) is 7.40. The van der Waals surface area contributed by atoms with Crippen LogP contribution in [0.3, 0.4) is 0 Å². The van der Waals surface area contributed by atoms with Crippen LogP contribution in [0.25, 0.3) is 46.4 Å². The van der Waals surface area contributed by atoms with Crippen LogP contribution in [-0.2, 0) is 0 Å². The van der Waals surface area contributed by atoms with Crippen molar-refractivity contribution in [2.45, 2.75) is 0 Å². The maximum absolute atomic E-state index is 13.7. The van der Waals surface area contributed by atoms with Gasteiger partial charge in [-0.3, -0.25) is 18.7 Å². The van der Waals surface area contributed by atoms with Gasteiger partial charge in [0.25, 0.3) is 11.8 Å². The Morgan fingerprint density at radius 2 is 0.875 bits per heavy atom. The largest absolute Gasteiger partial charge is 0.277 e. The molecule has 190 valence electrons. The van der Waals surface area contributed by atoms with Crippen LogP contribution in [0.1, 0.15) is 44.9 Å². The van der Waals surface area contributed by atoms with Gasteiger partial charge in [-0.25, -0.2) is 9.97 Å². The molecule has 5 heterocycles. The van der Waals surface area contributed by atoms with E-state index in [0.717, 1.165) is 0 Å². The molecule has 0 atom stereocenters. The van der Waals surface area contributed by atoms with Crippen molar-refractivity contribution < 1.29 is 11.0 Å². The van der Waals surface area contributed by atoms with Crippen molar-refractivity contribution in [1.29, 1.82) is 0 Å². The molecule has 0 fully saturated rings. The van der Waals surface area contributed by atoms with Crippen LogP contribution in [0.15, 0.2) is 109 Å². The second-order valence-electron chi connectivity index (χ2n) is 9.46. The minimum Gasteiger partial charge on any atom is -0.277 e. The molecule has 2 aromatic carbocycles. The third kappa shape index (κ3) is 4.27. The number of hydrogen-bond acceptors (Lipinski definition) is 4. The zero-order valence-electron chi connectivity index (χ0n) is 22.2. The van der Waals surface area contributed by atoms with Gasteiger partial charge in [-0.2, -0.15) is 0 Å². The molecule has 2 aliphatic rings. The minimum absolute atomic E-state index is 0.159. The molecule has 8 bridgehead atoms. The fraction of sp³-hybridized carbons (Fsp3) is 0. The van der Waals surface area contributed by atoms with Crippen LogP contribution in [0, 0.1) is 0 Å². The fourth-order valence-electron chi connectivity index (χ4n) is 4.91. The van der Waals surface area contributed by atoms with E-state index in [9.17, 15) is 9.59 Å². The van der Waals surface area contributed by atoms with E-state index in [1.54, 1.807) is 47.0 Å². The summed E-state index contributed by atoms with van der Waals surface area (Å²) in [7, 11) is 0. The Morgan fingerprint density at radius 1 is 0.500 bits per heavy atom. The highest BCUT2D eigenvalue weighted by molar-refractivity contribution is 6.03. The van der Waals surface area contributed by atoms with Gasteiger partial charge >= 0.3 is 0 Å². The third-order valence-electron chi connectivity index (χ3n) is 6.79. The molecular formula is C34H22N4O2. The van der Waals surface area contributed by atoms with E-state index >= 15 is 0 Å². The molecule has 40 heavy (non-hydrogen) atoms. The maximum Gasteiger partial charge on any atom is 0.262 e. The van der Waals surface area contributed by atoms with Crippen molar-refractivity contribution in [3.8, 4) is 0 Å². The van der Waals surface area contributed by atoms with Crippen LogP contribution >= 0.6 is 0 Å². The van der Waals surface area contributed by atoms with Gasteiger partial charge in [0.15, 0.2) is 0 Å². The van der Waals surface area contributed by atoms with E-state index in [-0.39, 0.29) is 17.9 Å². The number of benzene rings is 2. The van der Waals surface area contributed by atoms with E-state index in [0.29, 0.717) is 56.0 Å². The van der Waals surface area contributed by atoms with Crippen LogP contribution < -0.4 is 0 Å². The second kappa shape index (κ2) is 9.60. The molecule has 0 aliphatic carbocycles. The normalized spacial score (nSPS) is 12.3. The highest BCUT2D eigenvalue weighted by Gasteiger charge is 2.15. The molecule has 0 amide bonds. The number of hydrogen-bond donors (Lipinski definition) is 0. The van der Waals surface area contributed by atoms with Gasteiger partial charge in [-0.1, -0.05) is 36.4 Å². The van der Waals surface area contributed by atoms with E-state index in [4.69, 9.17) is 11.3 Å². The minimum atomic E-state index is -0.247. The first-order valence-electron chi connectivity index (χ1n) is 13.3. The van der Waals surface area contributed by atoms with Crippen LogP contribution in [0.2, 0.25) is 0 Å². The van der Waals surface area contributed by atoms with Gasteiger partial charge in [0.1, 0.15) is 0 Å². The molecule has 0 N–H and O–H groups in total. The molecule has 0 spiro atoms. The first-order valence-corrected chi connectivity index (χ1v) is 12.8. The van der Waals surface area contributed by atoms with Crippen LogP contribution in [-0.4, -0.2) is 30.9 Å². The molecule has 0 radical (unpaired) electrons. The second-order valence-corrected chi connectivity index (χ2v) is 9.46. The van der Waals surface area contributed by atoms with Crippen molar-refractivity contribution in [3.05, 3.63) is 143 Å². The molecule has 6 heteroatoms. The van der Waals surface area contributed by atoms with Gasteiger partial charge < -0.3 is 0 Å². The van der Waals surface area contributed by atoms with Gasteiger partial charge in [0.05, 0.1) is 46.2 Å². The maximum atomic E-state index is 13.7. The lowest BCUT2D eigenvalue weighted by molar-refractivity contribution is 0.0961. The molecule has 3 aromatic heterocycles. The van der Waals surface area contributed by atoms with E-state index in [1.165, 1.54) is 4.57 Å². The van der Waals surface area contributed by atoms with Crippen molar-refractivity contribution in [1.82, 2.24) is 19.1 Å². The quantitative estimate of drug-likeness (QED) is 0.247. The average Bonchev–Trinajstić information content (AvgIpc) is 3.78. The number of rotatable bonds is 2. The van der Waals surface area contributed by atoms with Crippen LogP contribution in [0.4, 0.5) is 0 Å². The summed E-state index contributed by atoms with van der Waals surface area (Å²) in [4.78, 5) is 36.8. The summed E-state index contributed by atoms with van der Waals surface area (Å²) in [5.74, 6) is -0.406. The zero-order chi connectivity index (χ0) is 27.9. The van der Waals surface area contributed by atoms with Crippen molar-refractivity contribution in [3.63, 3.8) is 0 Å².